The Morgan fingerprint density at radius 2 is 2.23 bits per heavy atom. The summed E-state index contributed by atoms with van der Waals surface area (Å²) in [6.07, 6.45) is 0.785. The number of benzene rings is 1. The van der Waals surface area contributed by atoms with Crippen molar-refractivity contribution in [2.75, 3.05) is 18.1 Å². The molecule has 1 aliphatic rings. The molecule has 0 radical (unpaired) electrons. The molecule has 1 heterocycles. The van der Waals surface area contributed by atoms with E-state index in [1.807, 2.05) is 11.8 Å². The van der Waals surface area contributed by atoms with Crippen LogP contribution in [0.3, 0.4) is 0 Å². The number of hydrogen-bond acceptors (Lipinski definition) is 2. The average Bonchev–Trinajstić information content (AvgIpc) is 2.02. The van der Waals surface area contributed by atoms with E-state index in [9.17, 15) is 0 Å². The lowest BCUT2D eigenvalue weighted by atomic mass is 9.99. The van der Waals surface area contributed by atoms with Crippen molar-refractivity contribution in [3.05, 3.63) is 35.4 Å². The Morgan fingerprint density at radius 3 is 2.85 bits per heavy atom. The van der Waals surface area contributed by atoms with Crippen molar-refractivity contribution in [3.8, 4) is 0 Å². The second-order valence-electron chi connectivity index (χ2n) is 3.45. The fourth-order valence-corrected chi connectivity index (χ4v) is 2.42. The topological polar surface area (TPSA) is 20.2 Å². The summed E-state index contributed by atoms with van der Waals surface area (Å²) in [6.45, 7) is 0.253. The van der Waals surface area contributed by atoms with E-state index in [0.717, 1.165) is 12.3 Å². The molecule has 0 aromatic heterocycles. The second kappa shape index (κ2) is 4.16. The predicted molar refractivity (Wildman–Crippen MR) is 57.3 cm³/mol. The lowest BCUT2D eigenvalue weighted by Gasteiger charge is -2.25. The van der Waals surface area contributed by atoms with Crippen molar-refractivity contribution >= 4 is 11.8 Å². The monoisotopic (exact) mass is 194 g/mol. The Labute approximate surface area is 83.2 Å². The van der Waals surface area contributed by atoms with E-state index in [1.54, 1.807) is 0 Å². The van der Waals surface area contributed by atoms with Gasteiger partial charge in [0, 0.05) is 24.0 Å². The molecule has 0 bridgehead atoms. The van der Waals surface area contributed by atoms with Crippen LogP contribution in [0.1, 0.15) is 17.0 Å². The molecule has 13 heavy (non-hydrogen) atoms. The summed E-state index contributed by atoms with van der Waals surface area (Å²) in [4.78, 5) is 0. The van der Waals surface area contributed by atoms with Crippen molar-refractivity contribution in [1.29, 1.82) is 0 Å². The Kier molecular flexibility index (Phi) is 2.91. The van der Waals surface area contributed by atoms with Gasteiger partial charge in [-0.15, -0.1) is 0 Å². The molecular formula is C11H14OS. The first-order valence-electron chi connectivity index (χ1n) is 4.67. The fraction of sp³-hybridized carbons (Fsp3) is 0.455. The minimum Gasteiger partial charge on any atom is -0.396 e. The molecular weight excluding hydrogens is 180 g/mol. The van der Waals surface area contributed by atoms with Gasteiger partial charge < -0.3 is 5.11 Å². The van der Waals surface area contributed by atoms with Crippen molar-refractivity contribution in [2.45, 2.75) is 12.3 Å². The molecule has 70 valence electrons. The van der Waals surface area contributed by atoms with Gasteiger partial charge in [0.15, 0.2) is 0 Å². The van der Waals surface area contributed by atoms with Crippen LogP contribution >= 0.6 is 11.8 Å². The molecule has 1 aliphatic heterocycles. The molecule has 2 rings (SSSR count). The van der Waals surface area contributed by atoms with Gasteiger partial charge in [0.2, 0.25) is 0 Å². The van der Waals surface area contributed by atoms with Crippen LogP contribution in [0.25, 0.3) is 0 Å². The molecule has 2 heteroatoms. The van der Waals surface area contributed by atoms with E-state index < -0.39 is 0 Å². The largest absolute Gasteiger partial charge is 0.396 e. The van der Waals surface area contributed by atoms with E-state index in [1.165, 1.54) is 22.6 Å². The first kappa shape index (κ1) is 9.10. The van der Waals surface area contributed by atoms with Gasteiger partial charge in [-0.25, -0.2) is 0 Å². The first-order chi connectivity index (χ1) is 6.40. The van der Waals surface area contributed by atoms with Crippen LogP contribution < -0.4 is 0 Å². The smallest absolute Gasteiger partial charge is 0.0471 e. The van der Waals surface area contributed by atoms with Crippen molar-refractivity contribution in [2.24, 2.45) is 0 Å². The van der Waals surface area contributed by atoms with Gasteiger partial charge in [0.1, 0.15) is 0 Å². The maximum Gasteiger partial charge on any atom is 0.0471 e. The molecule has 1 aromatic carbocycles. The highest BCUT2D eigenvalue weighted by atomic mass is 32.2. The number of thioether (sulfide) groups is 1. The first-order valence-corrected chi connectivity index (χ1v) is 5.83. The van der Waals surface area contributed by atoms with Crippen LogP contribution in [-0.4, -0.2) is 23.2 Å². The maximum atomic E-state index is 8.82. The van der Waals surface area contributed by atoms with Crippen LogP contribution in [0.5, 0.6) is 0 Å². The molecule has 1 fully saturated rings. The number of aliphatic hydroxyl groups is 1. The van der Waals surface area contributed by atoms with Crippen LogP contribution in [-0.2, 0) is 6.42 Å². The third-order valence-corrected chi connectivity index (χ3v) is 3.74. The van der Waals surface area contributed by atoms with Crippen LogP contribution in [0.15, 0.2) is 24.3 Å². The van der Waals surface area contributed by atoms with Gasteiger partial charge in [-0.1, -0.05) is 24.3 Å². The summed E-state index contributed by atoms with van der Waals surface area (Å²) in [6, 6.07) is 8.63. The molecule has 1 N–H and O–H groups in total. The van der Waals surface area contributed by atoms with Gasteiger partial charge in [-0.05, 0) is 17.5 Å². The van der Waals surface area contributed by atoms with E-state index in [-0.39, 0.29) is 6.61 Å². The molecule has 1 aromatic rings. The zero-order valence-corrected chi connectivity index (χ0v) is 8.39. The van der Waals surface area contributed by atoms with E-state index in [2.05, 4.69) is 24.3 Å². The third kappa shape index (κ3) is 2.06. The lowest BCUT2D eigenvalue weighted by Crippen LogP contribution is -2.15. The highest BCUT2D eigenvalue weighted by Crippen LogP contribution is 2.34. The van der Waals surface area contributed by atoms with Gasteiger partial charge in [-0.2, -0.15) is 11.8 Å². The molecule has 0 atom stereocenters. The number of hydrogen-bond donors (Lipinski definition) is 1. The van der Waals surface area contributed by atoms with Crippen LogP contribution in [0.4, 0.5) is 0 Å². The third-order valence-electron chi connectivity index (χ3n) is 2.46. The van der Waals surface area contributed by atoms with Crippen LogP contribution in [0.2, 0.25) is 0 Å². The minimum absolute atomic E-state index is 0.253. The quantitative estimate of drug-likeness (QED) is 0.794. The highest BCUT2D eigenvalue weighted by molar-refractivity contribution is 8.00. The second-order valence-corrected chi connectivity index (χ2v) is 4.53. The molecule has 1 nitrogen and oxygen atoms in total. The van der Waals surface area contributed by atoms with Gasteiger partial charge in [-0.3, -0.25) is 0 Å². The van der Waals surface area contributed by atoms with Crippen LogP contribution in [0, 0.1) is 0 Å². The number of aliphatic hydroxyl groups excluding tert-OH is 1. The Balaban J connectivity index is 2.11. The molecule has 0 amide bonds. The summed E-state index contributed by atoms with van der Waals surface area (Å²) in [5.74, 6) is 3.30. The van der Waals surface area contributed by atoms with E-state index in [4.69, 9.17) is 5.11 Å². The molecule has 0 unspecified atom stereocenters. The summed E-state index contributed by atoms with van der Waals surface area (Å²) in [5.41, 5.74) is 2.71. The molecule has 0 saturated carbocycles. The Hall–Kier alpha value is -0.470. The zero-order valence-electron chi connectivity index (χ0n) is 7.57. The summed E-state index contributed by atoms with van der Waals surface area (Å²) in [7, 11) is 0. The average molecular weight is 194 g/mol. The predicted octanol–water partition coefficient (Wildman–Crippen LogP) is 2.05. The standard InChI is InChI=1S/C11H14OS/c12-5-4-9-2-1-3-10(6-9)11-7-13-8-11/h1-3,6,11-12H,4-5,7-8H2. The van der Waals surface area contributed by atoms with Gasteiger partial charge >= 0.3 is 0 Å². The summed E-state index contributed by atoms with van der Waals surface area (Å²) in [5, 5.41) is 8.82. The Morgan fingerprint density at radius 1 is 1.38 bits per heavy atom. The lowest BCUT2D eigenvalue weighted by molar-refractivity contribution is 0.299. The van der Waals surface area contributed by atoms with Crippen molar-refractivity contribution in [3.63, 3.8) is 0 Å². The van der Waals surface area contributed by atoms with Gasteiger partial charge in [0.25, 0.3) is 0 Å². The summed E-state index contributed by atoms with van der Waals surface area (Å²) >= 11 is 2.01. The summed E-state index contributed by atoms with van der Waals surface area (Å²) < 4.78 is 0. The normalized spacial score (nSPS) is 17.0. The number of rotatable bonds is 3. The minimum atomic E-state index is 0.253. The van der Waals surface area contributed by atoms with Crippen molar-refractivity contribution < 1.29 is 5.11 Å². The Bertz CT molecular complexity index is 281. The molecule has 1 saturated heterocycles. The highest BCUT2D eigenvalue weighted by Gasteiger charge is 2.19. The zero-order chi connectivity index (χ0) is 9.10. The maximum absolute atomic E-state index is 8.82. The van der Waals surface area contributed by atoms with Gasteiger partial charge in [0.05, 0.1) is 0 Å². The fourth-order valence-electron chi connectivity index (χ4n) is 1.56. The SMILES string of the molecule is OCCc1cccc(C2CSC2)c1. The molecule has 0 aliphatic carbocycles. The molecule has 0 spiro atoms. The van der Waals surface area contributed by atoms with E-state index >= 15 is 0 Å². The van der Waals surface area contributed by atoms with E-state index in [0.29, 0.717) is 0 Å². The van der Waals surface area contributed by atoms with Crippen molar-refractivity contribution in [1.82, 2.24) is 0 Å².